The highest BCUT2D eigenvalue weighted by Gasteiger charge is 2.37. The second-order valence-electron chi connectivity index (χ2n) is 7.14. The van der Waals surface area contributed by atoms with Crippen LogP contribution in [-0.4, -0.2) is 35.6 Å². The standard InChI is InChI=1S/C22H22F3N5O3/c1-4-13-33-18-11-9-16(10-12-18)29(3)21-26-14-19(22(23,24)25)20(27-21)28(2)15-5-7-17(8-6-15)30(31)32/h5-12,14H,4,13H2,1-3H3. The molecule has 0 radical (unpaired) electrons. The van der Waals surface area contributed by atoms with Gasteiger partial charge in [-0.05, 0) is 42.8 Å². The number of benzene rings is 2. The number of hydrogen-bond donors (Lipinski definition) is 0. The van der Waals surface area contributed by atoms with Crippen LogP contribution in [0, 0.1) is 10.1 Å². The molecular weight excluding hydrogens is 439 g/mol. The lowest BCUT2D eigenvalue weighted by Crippen LogP contribution is -2.21. The lowest BCUT2D eigenvalue weighted by Gasteiger charge is -2.25. The number of nitro groups is 1. The maximum Gasteiger partial charge on any atom is 0.421 e. The molecule has 0 saturated heterocycles. The fourth-order valence-electron chi connectivity index (χ4n) is 3.00. The average molecular weight is 461 g/mol. The van der Waals surface area contributed by atoms with Gasteiger partial charge >= 0.3 is 6.18 Å². The van der Waals surface area contributed by atoms with Crippen molar-refractivity contribution in [2.75, 3.05) is 30.5 Å². The van der Waals surface area contributed by atoms with Gasteiger partial charge in [0.25, 0.3) is 5.69 Å². The summed E-state index contributed by atoms with van der Waals surface area (Å²) < 4.78 is 46.6. The number of nitrogens with zero attached hydrogens (tertiary/aromatic N) is 5. The number of hydrogen-bond acceptors (Lipinski definition) is 7. The van der Waals surface area contributed by atoms with E-state index in [1.165, 1.54) is 36.2 Å². The van der Waals surface area contributed by atoms with Gasteiger partial charge in [-0.15, -0.1) is 0 Å². The molecule has 174 valence electrons. The number of anilines is 4. The molecule has 0 amide bonds. The van der Waals surface area contributed by atoms with Crippen molar-refractivity contribution in [2.24, 2.45) is 0 Å². The van der Waals surface area contributed by atoms with Gasteiger partial charge < -0.3 is 14.5 Å². The van der Waals surface area contributed by atoms with Crippen LogP contribution in [0.25, 0.3) is 0 Å². The maximum atomic E-state index is 13.7. The third-order valence-electron chi connectivity index (χ3n) is 4.82. The van der Waals surface area contributed by atoms with Crippen molar-refractivity contribution in [3.8, 4) is 5.75 Å². The first-order chi connectivity index (χ1) is 15.6. The van der Waals surface area contributed by atoms with Crippen LogP contribution in [0.3, 0.4) is 0 Å². The zero-order valence-electron chi connectivity index (χ0n) is 18.2. The smallest absolute Gasteiger partial charge is 0.421 e. The van der Waals surface area contributed by atoms with E-state index in [0.717, 1.165) is 12.6 Å². The molecule has 33 heavy (non-hydrogen) atoms. The second kappa shape index (κ2) is 9.72. The molecule has 0 bridgehead atoms. The van der Waals surface area contributed by atoms with Crippen molar-refractivity contribution in [1.82, 2.24) is 9.97 Å². The number of halogens is 3. The van der Waals surface area contributed by atoms with E-state index in [2.05, 4.69) is 9.97 Å². The van der Waals surface area contributed by atoms with Crippen molar-refractivity contribution in [1.29, 1.82) is 0 Å². The third kappa shape index (κ3) is 5.48. The number of alkyl halides is 3. The SMILES string of the molecule is CCCOc1ccc(N(C)c2ncc(C(F)(F)F)c(N(C)c3ccc([N+](=O)[O-])cc3)n2)cc1. The van der Waals surface area contributed by atoms with Gasteiger partial charge in [-0.3, -0.25) is 10.1 Å². The summed E-state index contributed by atoms with van der Waals surface area (Å²) in [5.41, 5.74) is -0.236. The normalized spacial score (nSPS) is 11.2. The van der Waals surface area contributed by atoms with Gasteiger partial charge in [0.15, 0.2) is 5.82 Å². The van der Waals surface area contributed by atoms with Crippen LogP contribution in [0.4, 0.5) is 42.0 Å². The van der Waals surface area contributed by atoms with Gasteiger partial charge in [-0.1, -0.05) is 6.92 Å². The quantitative estimate of drug-likeness (QED) is 0.313. The van der Waals surface area contributed by atoms with Crippen molar-refractivity contribution >= 4 is 28.8 Å². The fourth-order valence-corrected chi connectivity index (χ4v) is 3.00. The minimum atomic E-state index is -4.69. The summed E-state index contributed by atoms with van der Waals surface area (Å²) in [6, 6.07) is 12.2. The van der Waals surface area contributed by atoms with Crippen LogP contribution in [0.2, 0.25) is 0 Å². The molecule has 1 heterocycles. The molecule has 0 N–H and O–H groups in total. The highest BCUT2D eigenvalue weighted by atomic mass is 19.4. The Bertz CT molecular complexity index is 1110. The Morgan fingerprint density at radius 2 is 1.58 bits per heavy atom. The van der Waals surface area contributed by atoms with E-state index in [1.807, 2.05) is 6.92 Å². The van der Waals surface area contributed by atoms with Crippen molar-refractivity contribution in [2.45, 2.75) is 19.5 Å². The number of aromatic nitrogens is 2. The summed E-state index contributed by atoms with van der Waals surface area (Å²) in [7, 11) is 3.04. The predicted molar refractivity (Wildman–Crippen MR) is 118 cm³/mol. The topological polar surface area (TPSA) is 84.6 Å². The van der Waals surface area contributed by atoms with E-state index in [4.69, 9.17) is 4.74 Å². The summed E-state index contributed by atoms with van der Waals surface area (Å²) in [5.74, 6) is 0.353. The minimum absolute atomic E-state index is 0.0500. The van der Waals surface area contributed by atoms with Crippen LogP contribution >= 0.6 is 0 Å². The number of nitro benzene ring substituents is 1. The number of rotatable bonds is 8. The summed E-state index contributed by atoms with van der Waals surface area (Å²) in [6.07, 6.45) is -3.10. The Kier molecular flexibility index (Phi) is 7.00. The van der Waals surface area contributed by atoms with Gasteiger partial charge in [0.2, 0.25) is 5.95 Å². The molecule has 2 aromatic carbocycles. The van der Waals surface area contributed by atoms with Crippen LogP contribution in [-0.2, 0) is 6.18 Å². The minimum Gasteiger partial charge on any atom is -0.494 e. The first-order valence-electron chi connectivity index (χ1n) is 10.0. The molecule has 0 saturated carbocycles. The van der Waals surface area contributed by atoms with E-state index in [1.54, 1.807) is 36.2 Å². The van der Waals surface area contributed by atoms with Crippen LogP contribution < -0.4 is 14.5 Å². The Balaban J connectivity index is 1.96. The molecule has 3 aromatic rings. The molecule has 0 spiro atoms. The largest absolute Gasteiger partial charge is 0.494 e. The van der Waals surface area contributed by atoms with E-state index >= 15 is 0 Å². The van der Waals surface area contributed by atoms with Crippen molar-refractivity contribution in [3.05, 3.63) is 70.4 Å². The van der Waals surface area contributed by atoms with Gasteiger partial charge in [0.05, 0.1) is 11.5 Å². The van der Waals surface area contributed by atoms with E-state index < -0.39 is 16.7 Å². The van der Waals surface area contributed by atoms with Gasteiger partial charge in [-0.25, -0.2) is 4.98 Å². The number of ether oxygens (including phenoxy) is 1. The highest BCUT2D eigenvalue weighted by Crippen LogP contribution is 2.38. The van der Waals surface area contributed by atoms with Crippen molar-refractivity contribution < 1.29 is 22.8 Å². The third-order valence-corrected chi connectivity index (χ3v) is 4.82. The average Bonchev–Trinajstić information content (AvgIpc) is 2.81. The Labute approximate surface area is 188 Å². The van der Waals surface area contributed by atoms with Crippen LogP contribution in [0.15, 0.2) is 54.7 Å². The molecule has 0 aliphatic carbocycles. The molecule has 3 rings (SSSR count). The van der Waals surface area contributed by atoms with Crippen molar-refractivity contribution in [3.63, 3.8) is 0 Å². The zero-order valence-corrected chi connectivity index (χ0v) is 18.2. The van der Waals surface area contributed by atoms with Gasteiger partial charge in [0, 0.05) is 43.8 Å². The Hall–Kier alpha value is -3.89. The summed E-state index contributed by atoms with van der Waals surface area (Å²) in [4.78, 5) is 21.2. The fraction of sp³-hybridized carbons (Fsp3) is 0.273. The van der Waals surface area contributed by atoms with E-state index in [-0.39, 0.29) is 17.5 Å². The molecule has 11 heteroatoms. The number of non-ortho nitro benzene ring substituents is 1. The Morgan fingerprint density at radius 1 is 1.00 bits per heavy atom. The molecule has 1 aromatic heterocycles. The molecular formula is C22H22F3N5O3. The molecule has 0 atom stereocenters. The highest BCUT2D eigenvalue weighted by molar-refractivity contribution is 5.66. The first kappa shape index (κ1) is 23.8. The van der Waals surface area contributed by atoms with Gasteiger partial charge in [-0.2, -0.15) is 18.2 Å². The van der Waals surface area contributed by atoms with E-state index in [9.17, 15) is 23.3 Å². The monoisotopic (exact) mass is 461 g/mol. The zero-order chi connectivity index (χ0) is 24.2. The maximum absolute atomic E-state index is 13.7. The summed E-state index contributed by atoms with van der Waals surface area (Å²) >= 11 is 0. The molecule has 8 nitrogen and oxygen atoms in total. The summed E-state index contributed by atoms with van der Waals surface area (Å²) in [5, 5.41) is 10.9. The van der Waals surface area contributed by atoms with E-state index in [0.29, 0.717) is 23.7 Å². The Morgan fingerprint density at radius 3 is 2.12 bits per heavy atom. The predicted octanol–water partition coefficient (Wildman–Crippen LogP) is 5.73. The van der Waals surface area contributed by atoms with Gasteiger partial charge in [0.1, 0.15) is 11.3 Å². The second-order valence-corrected chi connectivity index (χ2v) is 7.14. The first-order valence-corrected chi connectivity index (χ1v) is 10.0. The molecule has 0 unspecified atom stereocenters. The lowest BCUT2D eigenvalue weighted by molar-refractivity contribution is -0.384. The van der Waals surface area contributed by atoms with Crippen LogP contribution in [0.5, 0.6) is 5.75 Å². The molecule has 0 fully saturated rings. The molecule has 0 aliphatic rings. The molecule has 0 aliphatic heterocycles. The lowest BCUT2D eigenvalue weighted by atomic mass is 10.2. The van der Waals surface area contributed by atoms with Crippen LogP contribution in [0.1, 0.15) is 18.9 Å². The summed E-state index contributed by atoms with van der Waals surface area (Å²) in [6.45, 7) is 2.57.